The molecule has 0 aliphatic carbocycles. The number of benzene rings is 2. The molecule has 0 aliphatic heterocycles. The van der Waals surface area contributed by atoms with Crippen LogP contribution in [0.2, 0.25) is 0 Å². The van der Waals surface area contributed by atoms with Crippen molar-refractivity contribution in [3.8, 4) is 0 Å². The molecule has 0 bridgehead atoms. The van der Waals surface area contributed by atoms with Crippen molar-refractivity contribution in [1.82, 2.24) is 0 Å². The summed E-state index contributed by atoms with van der Waals surface area (Å²) in [5, 5.41) is 32.0. The Morgan fingerprint density at radius 1 is 0.857 bits per heavy atom. The SMILES string of the molecule is CCCCCCC(C(=O)O)(c1ccc([N+](=O)[O-])cc1)c1ccc([N+](=O)[O-])cc1. The highest BCUT2D eigenvalue weighted by atomic mass is 16.6. The predicted octanol–water partition coefficient (Wildman–Crippen LogP) is 4.84. The van der Waals surface area contributed by atoms with Crippen molar-refractivity contribution in [2.75, 3.05) is 0 Å². The summed E-state index contributed by atoms with van der Waals surface area (Å²) in [5.74, 6) is -1.09. The van der Waals surface area contributed by atoms with Crippen LogP contribution in [-0.2, 0) is 10.2 Å². The van der Waals surface area contributed by atoms with E-state index in [4.69, 9.17) is 0 Å². The summed E-state index contributed by atoms with van der Waals surface area (Å²) in [6.07, 6.45) is 3.75. The van der Waals surface area contributed by atoms with Crippen molar-refractivity contribution in [3.63, 3.8) is 0 Å². The van der Waals surface area contributed by atoms with Crippen LogP contribution in [0.15, 0.2) is 48.5 Å². The fraction of sp³-hybridized carbons (Fsp3) is 0.350. The summed E-state index contributed by atoms with van der Waals surface area (Å²) in [6, 6.07) is 10.9. The largest absolute Gasteiger partial charge is 0.480 e. The molecule has 0 aliphatic rings. The number of unbranched alkanes of at least 4 members (excludes halogenated alkanes) is 3. The second-order valence-corrected chi connectivity index (χ2v) is 6.63. The first-order chi connectivity index (χ1) is 13.3. The molecule has 0 unspecified atom stereocenters. The molecule has 0 saturated carbocycles. The van der Waals surface area contributed by atoms with Gasteiger partial charge in [-0.3, -0.25) is 25.0 Å². The minimum Gasteiger partial charge on any atom is -0.480 e. The molecule has 1 N–H and O–H groups in total. The van der Waals surface area contributed by atoms with E-state index in [9.17, 15) is 30.1 Å². The van der Waals surface area contributed by atoms with Crippen molar-refractivity contribution in [1.29, 1.82) is 0 Å². The maximum atomic E-state index is 12.5. The molecular formula is C20H22N2O6. The van der Waals surface area contributed by atoms with Crippen molar-refractivity contribution < 1.29 is 19.7 Å². The molecule has 2 aromatic rings. The number of nitro groups is 2. The molecule has 28 heavy (non-hydrogen) atoms. The van der Waals surface area contributed by atoms with Gasteiger partial charge in [0.2, 0.25) is 0 Å². The summed E-state index contributed by atoms with van der Waals surface area (Å²) in [5.41, 5.74) is -0.861. The molecule has 0 aromatic heterocycles. The first-order valence-corrected chi connectivity index (χ1v) is 9.06. The molecule has 148 valence electrons. The van der Waals surface area contributed by atoms with Gasteiger partial charge in [0.05, 0.1) is 9.85 Å². The average molecular weight is 386 g/mol. The van der Waals surface area contributed by atoms with Gasteiger partial charge in [0.1, 0.15) is 5.41 Å². The highest BCUT2D eigenvalue weighted by molar-refractivity contribution is 5.86. The number of carboxylic acid groups (broad SMARTS) is 1. The van der Waals surface area contributed by atoms with E-state index in [1.807, 2.05) is 0 Å². The van der Waals surface area contributed by atoms with E-state index in [2.05, 4.69) is 6.92 Å². The van der Waals surface area contributed by atoms with Gasteiger partial charge in [-0.25, -0.2) is 0 Å². The van der Waals surface area contributed by atoms with Crippen molar-refractivity contribution in [2.45, 2.75) is 44.4 Å². The summed E-state index contributed by atoms with van der Waals surface area (Å²) in [4.78, 5) is 33.2. The topological polar surface area (TPSA) is 124 Å². The Labute approximate surface area is 162 Å². The van der Waals surface area contributed by atoms with Crippen LogP contribution in [0.1, 0.15) is 50.2 Å². The van der Waals surface area contributed by atoms with Gasteiger partial charge in [-0.1, -0.05) is 56.9 Å². The molecule has 0 amide bonds. The minimum atomic E-state index is -1.43. The Bertz CT molecular complexity index is 789. The van der Waals surface area contributed by atoms with Crippen LogP contribution in [0.4, 0.5) is 11.4 Å². The molecule has 2 aromatic carbocycles. The summed E-state index contributed by atoms with van der Waals surface area (Å²) in [7, 11) is 0. The molecule has 0 radical (unpaired) electrons. The van der Waals surface area contributed by atoms with Gasteiger partial charge in [-0.2, -0.15) is 0 Å². The molecule has 2 rings (SSSR count). The van der Waals surface area contributed by atoms with E-state index in [1.165, 1.54) is 48.5 Å². The lowest BCUT2D eigenvalue weighted by molar-refractivity contribution is -0.385. The maximum Gasteiger partial charge on any atom is 0.318 e. The molecule has 0 atom stereocenters. The number of nitrogens with zero attached hydrogens (tertiary/aromatic N) is 2. The lowest BCUT2D eigenvalue weighted by atomic mass is 9.71. The maximum absolute atomic E-state index is 12.5. The third-order valence-corrected chi connectivity index (χ3v) is 4.91. The lowest BCUT2D eigenvalue weighted by Gasteiger charge is -2.31. The van der Waals surface area contributed by atoms with Gasteiger partial charge in [0.25, 0.3) is 11.4 Å². The second kappa shape index (κ2) is 9.07. The van der Waals surface area contributed by atoms with Gasteiger partial charge < -0.3 is 5.11 Å². The highest BCUT2D eigenvalue weighted by Crippen LogP contribution is 2.39. The van der Waals surface area contributed by atoms with Gasteiger partial charge in [0, 0.05) is 24.3 Å². The fourth-order valence-corrected chi connectivity index (χ4v) is 3.36. The lowest BCUT2D eigenvalue weighted by Crippen LogP contribution is -2.37. The number of aliphatic carboxylic acids is 1. The zero-order valence-corrected chi connectivity index (χ0v) is 15.5. The number of non-ortho nitro benzene ring substituents is 2. The van der Waals surface area contributed by atoms with E-state index in [-0.39, 0.29) is 17.8 Å². The van der Waals surface area contributed by atoms with Crippen LogP contribution < -0.4 is 0 Å². The van der Waals surface area contributed by atoms with Gasteiger partial charge in [0.15, 0.2) is 0 Å². The van der Waals surface area contributed by atoms with Crippen LogP contribution in [0.5, 0.6) is 0 Å². The van der Waals surface area contributed by atoms with Gasteiger partial charge in [-0.05, 0) is 17.5 Å². The third kappa shape index (κ3) is 4.33. The van der Waals surface area contributed by atoms with Crippen LogP contribution in [0.3, 0.4) is 0 Å². The number of hydrogen-bond donors (Lipinski definition) is 1. The Morgan fingerprint density at radius 3 is 1.61 bits per heavy atom. The van der Waals surface area contributed by atoms with E-state index < -0.39 is 21.2 Å². The Hall–Kier alpha value is -3.29. The predicted molar refractivity (Wildman–Crippen MR) is 103 cm³/mol. The van der Waals surface area contributed by atoms with Gasteiger partial charge >= 0.3 is 5.97 Å². The van der Waals surface area contributed by atoms with Crippen molar-refractivity contribution in [2.24, 2.45) is 0 Å². The van der Waals surface area contributed by atoms with Crippen molar-refractivity contribution >= 4 is 17.3 Å². The van der Waals surface area contributed by atoms with E-state index in [1.54, 1.807) is 0 Å². The zero-order chi connectivity index (χ0) is 20.7. The Morgan fingerprint density at radius 2 is 1.29 bits per heavy atom. The molecule has 0 spiro atoms. The van der Waals surface area contributed by atoms with Crippen LogP contribution >= 0.6 is 0 Å². The second-order valence-electron chi connectivity index (χ2n) is 6.63. The number of hydrogen-bond acceptors (Lipinski definition) is 5. The number of rotatable bonds is 10. The van der Waals surface area contributed by atoms with E-state index in [0.717, 1.165) is 19.3 Å². The van der Waals surface area contributed by atoms with E-state index in [0.29, 0.717) is 17.5 Å². The summed E-state index contributed by atoms with van der Waals surface area (Å²) < 4.78 is 0. The van der Waals surface area contributed by atoms with Crippen LogP contribution in [-0.4, -0.2) is 20.9 Å². The van der Waals surface area contributed by atoms with Gasteiger partial charge in [-0.15, -0.1) is 0 Å². The first kappa shape index (κ1) is 21.0. The average Bonchev–Trinajstić information content (AvgIpc) is 2.68. The van der Waals surface area contributed by atoms with Crippen molar-refractivity contribution in [3.05, 3.63) is 79.9 Å². The summed E-state index contributed by atoms with van der Waals surface area (Å²) >= 11 is 0. The monoisotopic (exact) mass is 386 g/mol. The highest BCUT2D eigenvalue weighted by Gasteiger charge is 2.42. The minimum absolute atomic E-state index is 0.127. The summed E-state index contributed by atoms with van der Waals surface area (Å²) in [6.45, 7) is 2.05. The normalized spacial score (nSPS) is 11.2. The molecule has 0 fully saturated rings. The Kier molecular flexibility index (Phi) is 6.81. The standard InChI is InChI=1S/C20H22N2O6/c1-2-3-4-5-14-20(19(23)24,15-6-10-17(11-7-15)21(25)26)16-8-12-18(13-9-16)22(27)28/h6-13H,2-5,14H2,1H3,(H,23,24). The van der Waals surface area contributed by atoms with Crippen LogP contribution in [0.25, 0.3) is 0 Å². The Balaban J connectivity index is 2.55. The zero-order valence-electron chi connectivity index (χ0n) is 15.5. The smallest absolute Gasteiger partial charge is 0.318 e. The number of carboxylic acids is 1. The first-order valence-electron chi connectivity index (χ1n) is 9.06. The third-order valence-electron chi connectivity index (χ3n) is 4.91. The number of carbonyl (C=O) groups is 1. The van der Waals surface area contributed by atoms with E-state index >= 15 is 0 Å². The molecule has 8 heteroatoms. The molecular weight excluding hydrogens is 364 g/mol. The molecule has 0 saturated heterocycles. The molecule has 8 nitrogen and oxygen atoms in total. The fourth-order valence-electron chi connectivity index (χ4n) is 3.36. The number of nitro benzene ring substituents is 2. The molecule has 0 heterocycles. The van der Waals surface area contributed by atoms with Crippen LogP contribution in [0, 0.1) is 20.2 Å². The quantitative estimate of drug-likeness (QED) is 0.354.